The van der Waals surface area contributed by atoms with Gasteiger partial charge in [0.2, 0.25) is 0 Å². The molecule has 1 atom stereocenters. The van der Waals surface area contributed by atoms with Crippen molar-refractivity contribution in [3.63, 3.8) is 0 Å². The summed E-state index contributed by atoms with van der Waals surface area (Å²) in [6, 6.07) is 0.527. The van der Waals surface area contributed by atoms with Crippen LogP contribution in [-0.2, 0) is 4.79 Å². The Labute approximate surface area is 152 Å². The molecule has 0 aromatic carbocycles. The minimum Gasteiger partial charge on any atom is -0.463 e. The molecule has 1 aromatic heterocycles. The SMILES string of the molecule is C=N/C=C\C=C/CNC/C(=C/c1cc([C@@H]2NC(=O)NC2=O)oc1C)CC. The standard InChI is InChI=1S/C19H24N4O3/c1-4-14(12-21-9-7-5-6-8-20-3)10-15-11-16(26-13(15)2)17-18(24)23-19(25)22-17/h5-8,10-11,17,21H,3-4,9,12H2,1-2H3,(H2,22,23,24,25)/b7-5-,8-6-,14-10+/t17-/m0/s1. The summed E-state index contributed by atoms with van der Waals surface area (Å²) in [5, 5.41) is 8.08. The fraction of sp³-hybridized carbons (Fsp3) is 0.316. The van der Waals surface area contributed by atoms with Gasteiger partial charge in [-0.2, -0.15) is 0 Å². The summed E-state index contributed by atoms with van der Waals surface area (Å²) in [4.78, 5) is 26.6. The van der Waals surface area contributed by atoms with Gasteiger partial charge in [-0.15, -0.1) is 0 Å². The van der Waals surface area contributed by atoms with Crippen LogP contribution in [0.3, 0.4) is 0 Å². The summed E-state index contributed by atoms with van der Waals surface area (Å²) in [5.41, 5.74) is 2.11. The molecule has 3 N–H and O–H groups in total. The van der Waals surface area contributed by atoms with Gasteiger partial charge in [-0.25, -0.2) is 4.79 Å². The van der Waals surface area contributed by atoms with Crippen molar-refractivity contribution in [1.82, 2.24) is 16.0 Å². The number of allylic oxidation sites excluding steroid dienone is 2. The second-order valence-electron chi connectivity index (χ2n) is 5.80. The van der Waals surface area contributed by atoms with Gasteiger partial charge < -0.3 is 15.1 Å². The predicted octanol–water partition coefficient (Wildman–Crippen LogP) is 2.62. The van der Waals surface area contributed by atoms with Gasteiger partial charge in [0.1, 0.15) is 11.5 Å². The highest BCUT2D eigenvalue weighted by Crippen LogP contribution is 2.25. The van der Waals surface area contributed by atoms with Gasteiger partial charge in [0.05, 0.1) is 0 Å². The molecule has 1 aliphatic heterocycles. The zero-order chi connectivity index (χ0) is 18.9. The molecule has 2 rings (SSSR count). The number of carbonyl (C=O) groups is 2. The van der Waals surface area contributed by atoms with Crippen LogP contribution in [0.25, 0.3) is 6.08 Å². The topological polar surface area (TPSA) is 95.7 Å². The third-order valence-electron chi connectivity index (χ3n) is 3.90. The first kappa shape index (κ1) is 19.4. The minimum atomic E-state index is -0.769. The zero-order valence-corrected chi connectivity index (χ0v) is 15.0. The van der Waals surface area contributed by atoms with Crippen molar-refractivity contribution >= 4 is 24.7 Å². The molecule has 0 saturated carbocycles. The fourth-order valence-electron chi connectivity index (χ4n) is 2.49. The molecule has 1 saturated heterocycles. The van der Waals surface area contributed by atoms with Gasteiger partial charge >= 0.3 is 6.03 Å². The number of rotatable bonds is 9. The maximum Gasteiger partial charge on any atom is 0.322 e. The van der Waals surface area contributed by atoms with Crippen LogP contribution < -0.4 is 16.0 Å². The lowest BCUT2D eigenvalue weighted by Gasteiger charge is -2.05. The molecule has 3 amide bonds. The number of amides is 3. The normalized spacial score (nSPS) is 17.9. The Morgan fingerprint density at radius 3 is 2.88 bits per heavy atom. The molecule has 0 bridgehead atoms. The molecule has 2 heterocycles. The van der Waals surface area contributed by atoms with E-state index in [4.69, 9.17) is 4.42 Å². The fourth-order valence-corrected chi connectivity index (χ4v) is 2.49. The summed E-state index contributed by atoms with van der Waals surface area (Å²) in [6.07, 6.45) is 10.3. The van der Waals surface area contributed by atoms with Crippen LogP contribution in [0, 0.1) is 6.92 Å². The van der Waals surface area contributed by atoms with Gasteiger partial charge in [0, 0.05) is 24.9 Å². The number of carbonyl (C=O) groups excluding carboxylic acids is 2. The Bertz CT molecular complexity index is 759. The molecule has 7 heteroatoms. The summed E-state index contributed by atoms with van der Waals surface area (Å²) in [6.45, 7) is 8.77. The maximum absolute atomic E-state index is 11.8. The highest BCUT2D eigenvalue weighted by molar-refractivity contribution is 6.04. The molecule has 0 radical (unpaired) electrons. The molecular weight excluding hydrogens is 332 g/mol. The Hall–Kier alpha value is -2.93. The van der Waals surface area contributed by atoms with E-state index in [-0.39, 0.29) is 0 Å². The molecule has 1 aliphatic rings. The average molecular weight is 356 g/mol. The second-order valence-corrected chi connectivity index (χ2v) is 5.80. The van der Waals surface area contributed by atoms with Gasteiger partial charge in [-0.3, -0.25) is 15.1 Å². The first-order valence-corrected chi connectivity index (χ1v) is 8.44. The van der Waals surface area contributed by atoms with E-state index >= 15 is 0 Å². The van der Waals surface area contributed by atoms with Crippen LogP contribution in [0.4, 0.5) is 4.79 Å². The molecule has 7 nitrogen and oxygen atoms in total. The molecular formula is C19H24N4O3. The highest BCUT2D eigenvalue weighted by Gasteiger charge is 2.33. The predicted molar refractivity (Wildman–Crippen MR) is 102 cm³/mol. The molecule has 1 aromatic rings. The summed E-state index contributed by atoms with van der Waals surface area (Å²) in [5.74, 6) is 0.747. The number of furan rings is 1. The lowest BCUT2D eigenvalue weighted by Crippen LogP contribution is -2.22. The van der Waals surface area contributed by atoms with Gasteiger partial charge in [-0.05, 0) is 32.2 Å². The third kappa shape index (κ3) is 5.29. The summed E-state index contributed by atoms with van der Waals surface area (Å²) in [7, 11) is 0. The number of urea groups is 1. The third-order valence-corrected chi connectivity index (χ3v) is 3.90. The van der Waals surface area contributed by atoms with Gasteiger partial charge in [0.15, 0.2) is 6.04 Å². The Balaban J connectivity index is 1.99. The molecule has 0 spiro atoms. The number of aliphatic imine (C=N–C) groups is 1. The highest BCUT2D eigenvalue weighted by atomic mass is 16.3. The Morgan fingerprint density at radius 2 is 2.23 bits per heavy atom. The first-order chi connectivity index (χ1) is 12.5. The van der Waals surface area contributed by atoms with E-state index in [0.717, 1.165) is 25.1 Å². The number of nitrogens with one attached hydrogen (secondary N) is 3. The number of nitrogens with zero attached hydrogens (tertiary/aromatic N) is 1. The number of hydrogen-bond donors (Lipinski definition) is 3. The van der Waals surface area contributed by atoms with Crippen molar-refractivity contribution in [3.8, 4) is 0 Å². The molecule has 26 heavy (non-hydrogen) atoms. The quantitative estimate of drug-likeness (QED) is 0.274. The van der Waals surface area contributed by atoms with E-state index < -0.39 is 18.0 Å². The van der Waals surface area contributed by atoms with Crippen molar-refractivity contribution in [2.45, 2.75) is 26.3 Å². The van der Waals surface area contributed by atoms with Gasteiger partial charge in [0.25, 0.3) is 5.91 Å². The van der Waals surface area contributed by atoms with E-state index in [9.17, 15) is 9.59 Å². The molecule has 1 fully saturated rings. The molecule has 138 valence electrons. The lowest BCUT2D eigenvalue weighted by molar-refractivity contribution is -0.120. The Kier molecular flexibility index (Phi) is 7.11. The summed E-state index contributed by atoms with van der Waals surface area (Å²) < 4.78 is 5.67. The van der Waals surface area contributed by atoms with E-state index in [1.807, 2.05) is 25.2 Å². The van der Waals surface area contributed by atoms with E-state index in [0.29, 0.717) is 11.5 Å². The first-order valence-electron chi connectivity index (χ1n) is 8.44. The van der Waals surface area contributed by atoms with Gasteiger partial charge in [-0.1, -0.05) is 30.7 Å². The monoisotopic (exact) mass is 356 g/mol. The van der Waals surface area contributed by atoms with E-state index in [2.05, 4.69) is 40.7 Å². The number of hydrogen-bond acceptors (Lipinski definition) is 5. The summed E-state index contributed by atoms with van der Waals surface area (Å²) >= 11 is 0. The van der Waals surface area contributed by atoms with Crippen LogP contribution in [0.5, 0.6) is 0 Å². The minimum absolute atomic E-state index is 0.399. The van der Waals surface area contributed by atoms with Crippen LogP contribution in [0.1, 0.15) is 36.5 Å². The smallest absolute Gasteiger partial charge is 0.322 e. The van der Waals surface area contributed by atoms with Crippen LogP contribution >= 0.6 is 0 Å². The number of imide groups is 1. The van der Waals surface area contributed by atoms with Crippen molar-refractivity contribution in [3.05, 3.63) is 53.2 Å². The van der Waals surface area contributed by atoms with Crippen molar-refractivity contribution in [1.29, 1.82) is 0 Å². The lowest BCUT2D eigenvalue weighted by atomic mass is 10.1. The number of aryl methyl sites for hydroxylation is 1. The van der Waals surface area contributed by atoms with Crippen molar-refractivity contribution in [2.75, 3.05) is 13.1 Å². The van der Waals surface area contributed by atoms with E-state index in [1.54, 1.807) is 12.3 Å². The van der Waals surface area contributed by atoms with Crippen molar-refractivity contribution < 1.29 is 14.0 Å². The van der Waals surface area contributed by atoms with Crippen LogP contribution in [0.15, 0.2) is 45.5 Å². The van der Waals surface area contributed by atoms with Crippen LogP contribution in [-0.4, -0.2) is 31.7 Å². The second kappa shape index (κ2) is 9.53. The maximum atomic E-state index is 11.8. The van der Waals surface area contributed by atoms with Crippen LogP contribution in [0.2, 0.25) is 0 Å². The zero-order valence-electron chi connectivity index (χ0n) is 15.0. The average Bonchev–Trinajstić information content (AvgIpc) is 3.14. The molecule has 0 unspecified atom stereocenters. The largest absolute Gasteiger partial charge is 0.463 e. The Morgan fingerprint density at radius 1 is 1.42 bits per heavy atom. The van der Waals surface area contributed by atoms with E-state index in [1.165, 1.54) is 5.57 Å². The molecule has 0 aliphatic carbocycles. The van der Waals surface area contributed by atoms with Crippen molar-refractivity contribution in [2.24, 2.45) is 4.99 Å².